The van der Waals surface area contributed by atoms with Gasteiger partial charge in [0.25, 0.3) is 0 Å². The molecule has 0 amide bonds. The van der Waals surface area contributed by atoms with Gasteiger partial charge < -0.3 is 9.47 Å². The minimum Gasteiger partial charge on any atom is -0.333 e. The molecule has 0 saturated heterocycles. The molecule has 0 radical (unpaired) electrons. The minimum absolute atomic E-state index is 0.187. The predicted molar refractivity (Wildman–Crippen MR) is 253 cm³/mol. The lowest BCUT2D eigenvalue weighted by molar-refractivity contribution is 0.656. The van der Waals surface area contributed by atoms with Crippen molar-refractivity contribution in [1.29, 1.82) is 0 Å². The van der Waals surface area contributed by atoms with Crippen molar-refractivity contribution < 1.29 is 0 Å². The molecule has 0 saturated carbocycles. The molecule has 3 aromatic heterocycles. The van der Waals surface area contributed by atoms with E-state index in [-0.39, 0.29) is 6.04 Å². The smallest absolute Gasteiger partial charge is 0.0801 e. The summed E-state index contributed by atoms with van der Waals surface area (Å²) in [6.45, 7) is 4.67. The van der Waals surface area contributed by atoms with Crippen LogP contribution in [0.2, 0.25) is 0 Å². The highest BCUT2D eigenvalue weighted by molar-refractivity contribution is 6.10. The summed E-state index contributed by atoms with van der Waals surface area (Å²) < 4.78 is 2.53. The molecule has 0 N–H and O–H groups in total. The molecule has 0 fully saturated rings. The first kappa shape index (κ1) is 35.6. The molecule has 1 aliphatic heterocycles. The van der Waals surface area contributed by atoms with E-state index in [9.17, 15) is 0 Å². The van der Waals surface area contributed by atoms with Crippen molar-refractivity contribution >= 4 is 66.4 Å². The van der Waals surface area contributed by atoms with Crippen LogP contribution in [0.3, 0.4) is 0 Å². The lowest BCUT2D eigenvalue weighted by atomic mass is 9.94. The number of rotatable bonds is 6. The number of pyridine rings is 2. The number of nitrogens with zero attached hydrogens (tertiary/aromatic N) is 4. The van der Waals surface area contributed by atoms with E-state index in [0.717, 1.165) is 80.8 Å². The molecule has 4 nitrogen and oxygen atoms in total. The quantitative estimate of drug-likeness (QED) is 0.169. The van der Waals surface area contributed by atoms with Gasteiger partial charge in [0.1, 0.15) is 0 Å². The third-order valence-corrected chi connectivity index (χ3v) is 12.1. The van der Waals surface area contributed by atoms with Gasteiger partial charge in [0, 0.05) is 56.4 Å². The number of benzene rings is 5. The van der Waals surface area contributed by atoms with Crippen LogP contribution in [0.5, 0.6) is 0 Å². The van der Waals surface area contributed by atoms with Crippen molar-refractivity contribution in [3.63, 3.8) is 0 Å². The summed E-state index contributed by atoms with van der Waals surface area (Å²) in [6, 6.07) is 50.3. The lowest BCUT2D eigenvalue weighted by Crippen LogP contribution is -2.14. The molecule has 286 valence electrons. The molecule has 0 unspecified atom stereocenters. The Labute approximate surface area is 350 Å². The van der Waals surface area contributed by atoms with E-state index < -0.39 is 0 Å². The zero-order chi connectivity index (χ0) is 40.0. The Bertz CT molecular complexity index is 3190. The highest BCUT2D eigenvalue weighted by Crippen LogP contribution is 2.43. The number of anilines is 2. The maximum absolute atomic E-state index is 5.28. The van der Waals surface area contributed by atoms with E-state index in [1.54, 1.807) is 0 Å². The molecule has 1 atom stereocenters. The number of aromatic nitrogens is 3. The van der Waals surface area contributed by atoms with Crippen molar-refractivity contribution in [3.8, 4) is 11.3 Å². The first-order chi connectivity index (χ1) is 29.7. The highest BCUT2D eigenvalue weighted by Gasteiger charge is 2.24. The SMILES string of the molecule is C=C1/C=C\C(c2ccc3c(c2)c2ccccc2n3[C@@H]2C=CC=C(c3ccccc3)C2)=C/N(c2cc(C3=CC=CCC3)nc(-c3ccccc3)c2)c2ccc3cccnc3c21. The Morgan fingerprint density at radius 2 is 1.42 bits per heavy atom. The standard InChI is InChI=1S/C56H42N4/c1-38-26-27-45(44-29-30-53-49(34-44)48-24-11-12-25-52(48)60(53)46-23-13-21-43(33-46)39-15-5-2-6-16-39)37-59(54-31-28-42-22-14-32-57-56(42)55(38)54)47-35-50(40-17-7-3-8-18-40)58-51(36-47)41-19-9-4-10-20-41/h2-9,11-19,21-32,34-37,46H,1,10,20,33H2/b27-26-,45-37+/t46-/m1/s1. The first-order valence-corrected chi connectivity index (χ1v) is 20.8. The maximum Gasteiger partial charge on any atom is 0.0801 e. The highest BCUT2D eigenvalue weighted by atomic mass is 15.1. The Balaban J connectivity index is 1.10. The summed E-state index contributed by atoms with van der Waals surface area (Å²) in [5, 5.41) is 3.56. The van der Waals surface area contributed by atoms with Crippen molar-refractivity contribution in [2.75, 3.05) is 4.90 Å². The second kappa shape index (κ2) is 15.0. The van der Waals surface area contributed by atoms with E-state index >= 15 is 0 Å². The topological polar surface area (TPSA) is 34.0 Å². The van der Waals surface area contributed by atoms with Gasteiger partial charge in [-0.3, -0.25) is 4.98 Å². The zero-order valence-corrected chi connectivity index (χ0v) is 33.2. The minimum atomic E-state index is 0.187. The number of hydrogen-bond acceptors (Lipinski definition) is 3. The van der Waals surface area contributed by atoms with Crippen LogP contribution >= 0.6 is 0 Å². The molecule has 4 heteroatoms. The van der Waals surface area contributed by atoms with Crippen molar-refractivity contribution in [2.24, 2.45) is 0 Å². The molecule has 4 heterocycles. The lowest BCUT2D eigenvalue weighted by Gasteiger charge is -2.28. The second-order valence-electron chi connectivity index (χ2n) is 15.8. The van der Waals surface area contributed by atoms with E-state index in [2.05, 4.69) is 204 Å². The normalized spacial score (nSPS) is 17.8. The van der Waals surface area contributed by atoms with E-state index in [1.165, 1.54) is 38.5 Å². The van der Waals surface area contributed by atoms with E-state index in [4.69, 9.17) is 9.97 Å². The second-order valence-corrected chi connectivity index (χ2v) is 15.8. The summed E-state index contributed by atoms with van der Waals surface area (Å²) in [7, 11) is 0. The van der Waals surface area contributed by atoms with Crippen LogP contribution in [0.4, 0.5) is 11.4 Å². The molecule has 11 rings (SSSR count). The van der Waals surface area contributed by atoms with Gasteiger partial charge in [-0.2, -0.15) is 0 Å². The van der Waals surface area contributed by atoms with Gasteiger partial charge in [0.05, 0.1) is 28.6 Å². The molecule has 3 aliphatic rings. The van der Waals surface area contributed by atoms with Crippen molar-refractivity contribution in [1.82, 2.24) is 14.5 Å². The zero-order valence-electron chi connectivity index (χ0n) is 33.2. The van der Waals surface area contributed by atoms with Crippen LogP contribution in [-0.2, 0) is 0 Å². The van der Waals surface area contributed by atoms with Gasteiger partial charge >= 0.3 is 0 Å². The van der Waals surface area contributed by atoms with Crippen LogP contribution in [0.1, 0.15) is 47.7 Å². The van der Waals surface area contributed by atoms with E-state index in [0.29, 0.717) is 0 Å². The van der Waals surface area contributed by atoms with Crippen molar-refractivity contribution in [2.45, 2.75) is 25.3 Å². The summed E-state index contributed by atoms with van der Waals surface area (Å²) in [6.07, 6.45) is 24.8. The summed E-state index contributed by atoms with van der Waals surface area (Å²) in [5.41, 5.74) is 16.4. The van der Waals surface area contributed by atoms with Gasteiger partial charge in [-0.05, 0) is 95.1 Å². The Morgan fingerprint density at radius 1 is 0.633 bits per heavy atom. The molecular formula is C56H42N4. The molecule has 5 aromatic carbocycles. The van der Waals surface area contributed by atoms with Crippen molar-refractivity contribution in [3.05, 3.63) is 229 Å². The first-order valence-electron chi connectivity index (χ1n) is 20.8. The maximum atomic E-state index is 5.28. The molecule has 60 heavy (non-hydrogen) atoms. The molecular weight excluding hydrogens is 729 g/mol. The number of para-hydroxylation sites is 1. The van der Waals surface area contributed by atoms with Crippen LogP contribution in [0.15, 0.2) is 207 Å². The molecule has 8 aromatic rings. The average molecular weight is 771 g/mol. The van der Waals surface area contributed by atoms with Crippen LogP contribution in [0.25, 0.3) is 66.3 Å². The van der Waals surface area contributed by atoms with E-state index in [1.807, 2.05) is 12.3 Å². The Hall–Kier alpha value is -7.56. The van der Waals surface area contributed by atoms with Crippen LogP contribution in [-0.4, -0.2) is 14.5 Å². The number of allylic oxidation sites excluding steroid dienone is 12. The average Bonchev–Trinajstić information content (AvgIpc) is 3.65. The van der Waals surface area contributed by atoms with Gasteiger partial charge in [-0.1, -0.05) is 152 Å². The largest absolute Gasteiger partial charge is 0.333 e. The molecule has 0 spiro atoms. The Kier molecular flexibility index (Phi) is 8.89. The Morgan fingerprint density at radius 3 is 2.27 bits per heavy atom. The van der Waals surface area contributed by atoms with Gasteiger partial charge in [0.2, 0.25) is 0 Å². The summed E-state index contributed by atoms with van der Waals surface area (Å²) >= 11 is 0. The monoisotopic (exact) mass is 770 g/mol. The summed E-state index contributed by atoms with van der Waals surface area (Å²) in [4.78, 5) is 12.5. The molecule has 0 bridgehead atoms. The third kappa shape index (κ3) is 6.34. The predicted octanol–water partition coefficient (Wildman–Crippen LogP) is 14.5. The number of fused-ring (bicyclic) bond motifs is 6. The number of hydrogen-bond donors (Lipinski definition) is 0. The third-order valence-electron chi connectivity index (χ3n) is 12.1. The fraction of sp³-hybridized carbons (Fsp3) is 0.0714. The van der Waals surface area contributed by atoms with Crippen LogP contribution < -0.4 is 4.90 Å². The van der Waals surface area contributed by atoms with Gasteiger partial charge in [-0.25, -0.2) is 4.98 Å². The van der Waals surface area contributed by atoms with Gasteiger partial charge in [-0.15, -0.1) is 0 Å². The fourth-order valence-corrected chi connectivity index (χ4v) is 9.20. The summed E-state index contributed by atoms with van der Waals surface area (Å²) in [5.74, 6) is 0. The van der Waals surface area contributed by atoms with Gasteiger partial charge in [0.15, 0.2) is 0 Å². The van der Waals surface area contributed by atoms with Crippen LogP contribution in [0, 0.1) is 0 Å². The molecule has 2 aliphatic carbocycles. The fourth-order valence-electron chi connectivity index (χ4n) is 9.20.